The monoisotopic (exact) mass is 249 g/mol. The molecule has 16 heavy (non-hydrogen) atoms. The summed E-state index contributed by atoms with van der Waals surface area (Å²) in [5, 5.41) is 8.99. The quantitative estimate of drug-likeness (QED) is 0.425. The molecule has 0 aromatic carbocycles. The summed E-state index contributed by atoms with van der Waals surface area (Å²) < 4.78 is 63.5. The van der Waals surface area contributed by atoms with E-state index < -0.39 is 42.7 Å². The third kappa shape index (κ3) is 2.59. The van der Waals surface area contributed by atoms with Crippen molar-refractivity contribution < 1.29 is 36.6 Å². The van der Waals surface area contributed by atoms with Crippen LogP contribution in [0.1, 0.15) is 12.8 Å². The fourth-order valence-electron chi connectivity index (χ4n) is 1.37. The highest BCUT2D eigenvalue weighted by Crippen LogP contribution is 2.46. The molecule has 0 saturated heterocycles. The summed E-state index contributed by atoms with van der Waals surface area (Å²) in [7, 11) is 0. The number of hydrogen-bond donors (Lipinski definition) is 2. The summed E-state index contributed by atoms with van der Waals surface area (Å²) in [4.78, 5) is 10.3. The second-order valence-corrected chi connectivity index (χ2v) is 3.70. The van der Waals surface area contributed by atoms with Crippen molar-refractivity contribution in [3.63, 3.8) is 0 Å². The predicted octanol–water partition coefficient (Wildman–Crippen LogP) is 0.537. The Labute approximate surface area is 86.2 Å². The maximum absolute atomic E-state index is 12.4. The minimum Gasteiger partial charge on any atom is -0.427 e. The molecular formula is C7H8F5NO3. The Morgan fingerprint density at radius 2 is 1.81 bits per heavy atom. The van der Waals surface area contributed by atoms with E-state index in [9.17, 15) is 26.7 Å². The molecule has 4 nitrogen and oxygen atoms in total. The molecule has 1 saturated carbocycles. The molecule has 0 bridgehead atoms. The van der Waals surface area contributed by atoms with E-state index in [0.29, 0.717) is 0 Å². The largest absolute Gasteiger partial charge is 0.491 e. The first-order valence-electron chi connectivity index (χ1n) is 4.09. The van der Waals surface area contributed by atoms with E-state index in [1.54, 1.807) is 0 Å². The van der Waals surface area contributed by atoms with Gasteiger partial charge in [-0.15, -0.1) is 0 Å². The molecule has 1 aliphatic rings. The van der Waals surface area contributed by atoms with Gasteiger partial charge in [0.15, 0.2) is 0 Å². The van der Waals surface area contributed by atoms with Gasteiger partial charge in [-0.25, -0.2) is 13.6 Å². The first-order chi connectivity index (χ1) is 6.96. The van der Waals surface area contributed by atoms with E-state index in [0.717, 1.165) is 0 Å². The number of esters is 1. The number of hydrogen-bond acceptors (Lipinski definition) is 4. The van der Waals surface area contributed by atoms with Gasteiger partial charge in [-0.2, -0.15) is 13.2 Å². The number of alkyl halides is 5. The molecule has 0 aliphatic heterocycles. The van der Waals surface area contributed by atoms with E-state index in [4.69, 9.17) is 10.8 Å². The van der Waals surface area contributed by atoms with Crippen LogP contribution in [-0.2, 0) is 9.53 Å². The van der Waals surface area contributed by atoms with Gasteiger partial charge in [0.05, 0.1) is 5.54 Å². The van der Waals surface area contributed by atoms with Gasteiger partial charge in [0.25, 0.3) is 5.92 Å². The minimum absolute atomic E-state index is 1.04. The summed E-state index contributed by atoms with van der Waals surface area (Å²) >= 11 is 0. The van der Waals surface area contributed by atoms with Gasteiger partial charge in [0, 0.05) is 12.8 Å². The lowest BCUT2D eigenvalue weighted by atomic mass is 9.73. The van der Waals surface area contributed by atoms with Crippen LogP contribution in [0.5, 0.6) is 0 Å². The van der Waals surface area contributed by atoms with Gasteiger partial charge in [0.2, 0.25) is 6.29 Å². The van der Waals surface area contributed by atoms with Crippen LogP contribution in [0.3, 0.4) is 0 Å². The molecule has 1 atom stereocenters. The Morgan fingerprint density at radius 1 is 1.38 bits per heavy atom. The average Bonchev–Trinajstić information content (AvgIpc) is 1.98. The van der Waals surface area contributed by atoms with E-state index in [1.807, 2.05) is 0 Å². The maximum Gasteiger partial charge on any atom is 0.491 e. The Balaban J connectivity index is 2.55. The molecule has 0 radical (unpaired) electrons. The predicted molar refractivity (Wildman–Crippen MR) is 39.3 cm³/mol. The van der Waals surface area contributed by atoms with Crippen molar-refractivity contribution in [2.24, 2.45) is 5.73 Å². The highest BCUT2D eigenvalue weighted by molar-refractivity contribution is 5.75. The Morgan fingerprint density at radius 3 is 2.12 bits per heavy atom. The van der Waals surface area contributed by atoms with Gasteiger partial charge >= 0.3 is 12.1 Å². The van der Waals surface area contributed by atoms with Crippen molar-refractivity contribution in [3.05, 3.63) is 0 Å². The lowest BCUT2D eigenvalue weighted by molar-refractivity contribution is -0.250. The molecule has 0 aromatic rings. The molecule has 0 heterocycles. The highest BCUT2D eigenvalue weighted by Gasteiger charge is 2.60. The van der Waals surface area contributed by atoms with Crippen LogP contribution >= 0.6 is 0 Å². The lowest BCUT2D eigenvalue weighted by Crippen LogP contribution is -2.66. The smallest absolute Gasteiger partial charge is 0.427 e. The Hall–Kier alpha value is -0.960. The maximum atomic E-state index is 12.4. The molecule has 1 fully saturated rings. The van der Waals surface area contributed by atoms with Gasteiger partial charge in [-0.3, -0.25) is 0 Å². The zero-order valence-corrected chi connectivity index (χ0v) is 7.72. The SMILES string of the molecule is NC1(C(O)OC(=O)C(F)(F)F)CC(F)(F)C1. The minimum atomic E-state index is -5.30. The van der Waals surface area contributed by atoms with Crippen LogP contribution in [-0.4, -0.2) is 35.0 Å². The van der Waals surface area contributed by atoms with E-state index in [1.165, 1.54) is 0 Å². The van der Waals surface area contributed by atoms with Crippen LogP contribution < -0.4 is 5.73 Å². The first-order valence-corrected chi connectivity index (χ1v) is 4.09. The Bertz CT molecular complexity index is 295. The van der Waals surface area contributed by atoms with Crippen LogP contribution in [0, 0.1) is 0 Å². The van der Waals surface area contributed by atoms with Crippen molar-refractivity contribution in [1.82, 2.24) is 0 Å². The zero-order valence-electron chi connectivity index (χ0n) is 7.72. The van der Waals surface area contributed by atoms with E-state index in [2.05, 4.69) is 4.74 Å². The van der Waals surface area contributed by atoms with Crippen molar-refractivity contribution in [3.8, 4) is 0 Å². The number of nitrogens with two attached hydrogens (primary N) is 1. The molecule has 1 rings (SSSR count). The van der Waals surface area contributed by atoms with Crippen LogP contribution in [0.2, 0.25) is 0 Å². The van der Waals surface area contributed by atoms with Crippen molar-refractivity contribution in [2.75, 3.05) is 0 Å². The first kappa shape index (κ1) is 13.1. The van der Waals surface area contributed by atoms with Gasteiger partial charge in [0.1, 0.15) is 0 Å². The van der Waals surface area contributed by atoms with Crippen molar-refractivity contribution >= 4 is 5.97 Å². The third-order valence-electron chi connectivity index (χ3n) is 2.12. The number of aliphatic hydroxyl groups is 1. The van der Waals surface area contributed by atoms with E-state index in [-0.39, 0.29) is 0 Å². The second kappa shape index (κ2) is 3.52. The summed E-state index contributed by atoms with van der Waals surface area (Å²) in [5.74, 6) is -5.82. The van der Waals surface area contributed by atoms with Crippen LogP contribution in [0.25, 0.3) is 0 Å². The Kier molecular flexibility index (Phi) is 2.88. The molecule has 0 aromatic heterocycles. The zero-order chi connectivity index (χ0) is 12.8. The number of ether oxygens (including phenoxy) is 1. The molecular weight excluding hydrogens is 241 g/mol. The number of rotatable bonds is 2. The standard InChI is InChI=1S/C7H8F5NO3/c8-6(9)1-5(13,2-6)3(14)16-4(15)7(10,11)12/h3,14H,1-2,13H2. The highest BCUT2D eigenvalue weighted by atomic mass is 19.4. The second-order valence-electron chi connectivity index (χ2n) is 3.70. The summed E-state index contributed by atoms with van der Waals surface area (Å²) in [5.41, 5.74) is 3.12. The molecule has 0 spiro atoms. The number of halogens is 5. The summed E-state index contributed by atoms with van der Waals surface area (Å²) in [6, 6.07) is 0. The van der Waals surface area contributed by atoms with Crippen LogP contribution in [0.4, 0.5) is 22.0 Å². The molecule has 0 amide bonds. The van der Waals surface area contributed by atoms with E-state index >= 15 is 0 Å². The van der Waals surface area contributed by atoms with Crippen molar-refractivity contribution in [1.29, 1.82) is 0 Å². The number of carbonyl (C=O) groups excluding carboxylic acids is 1. The molecule has 9 heteroatoms. The number of carbonyl (C=O) groups is 1. The molecule has 3 N–H and O–H groups in total. The fourth-order valence-corrected chi connectivity index (χ4v) is 1.37. The third-order valence-corrected chi connectivity index (χ3v) is 2.12. The van der Waals surface area contributed by atoms with Gasteiger partial charge < -0.3 is 15.6 Å². The normalized spacial score (nSPS) is 24.4. The summed E-state index contributed by atoms with van der Waals surface area (Å²) in [6.45, 7) is 0. The van der Waals surface area contributed by atoms with Crippen LogP contribution in [0.15, 0.2) is 0 Å². The molecule has 1 unspecified atom stereocenters. The summed E-state index contributed by atoms with van der Waals surface area (Å²) in [6.07, 6.45) is -9.77. The van der Waals surface area contributed by atoms with Crippen molar-refractivity contribution in [2.45, 2.75) is 36.8 Å². The van der Waals surface area contributed by atoms with Gasteiger partial charge in [-0.05, 0) is 0 Å². The topological polar surface area (TPSA) is 72.6 Å². The average molecular weight is 249 g/mol. The number of aliphatic hydroxyl groups excluding tert-OH is 1. The fraction of sp³-hybridized carbons (Fsp3) is 0.857. The lowest BCUT2D eigenvalue weighted by Gasteiger charge is -2.46. The molecule has 1 aliphatic carbocycles. The molecule has 94 valence electrons. The van der Waals surface area contributed by atoms with Gasteiger partial charge in [-0.1, -0.05) is 0 Å².